The van der Waals surface area contributed by atoms with E-state index in [0.717, 1.165) is 22.4 Å². The summed E-state index contributed by atoms with van der Waals surface area (Å²) in [7, 11) is 1.86. The standard InChI is InChI=1S/C14H14N6S/c1-15-13-9-11(7-8-16-13)10-21-14-17-18-19-20(14)12-5-3-2-4-6-12/h2-9H,10H2,1H3,(H,15,16). The van der Waals surface area contributed by atoms with Gasteiger partial charge in [-0.3, -0.25) is 0 Å². The minimum absolute atomic E-state index is 0.768. The number of anilines is 1. The first kappa shape index (κ1) is 13.6. The summed E-state index contributed by atoms with van der Waals surface area (Å²) in [4.78, 5) is 4.20. The van der Waals surface area contributed by atoms with Crippen molar-refractivity contribution in [2.24, 2.45) is 0 Å². The van der Waals surface area contributed by atoms with Crippen molar-refractivity contribution in [2.45, 2.75) is 10.9 Å². The van der Waals surface area contributed by atoms with Crippen LogP contribution in [0.5, 0.6) is 0 Å². The molecular formula is C14H14N6S. The maximum Gasteiger partial charge on any atom is 0.214 e. The predicted molar refractivity (Wildman–Crippen MR) is 82.5 cm³/mol. The van der Waals surface area contributed by atoms with E-state index >= 15 is 0 Å². The molecule has 6 nitrogen and oxygen atoms in total. The topological polar surface area (TPSA) is 68.5 Å². The molecule has 0 atom stereocenters. The number of rotatable bonds is 5. The van der Waals surface area contributed by atoms with E-state index in [0.29, 0.717) is 0 Å². The average molecular weight is 298 g/mol. The van der Waals surface area contributed by atoms with Crippen LogP contribution in [0.4, 0.5) is 5.82 Å². The van der Waals surface area contributed by atoms with Crippen LogP contribution in [0.1, 0.15) is 5.56 Å². The Labute approximate surface area is 126 Å². The van der Waals surface area contributed by atoms with Gasteiger partial charge >= 0.3 is 0 Å². The zero-order valence-electron chi connectivity index (χ0n) is 11.5. The number of tetrazole rings is 1. The summed E-state index contributed by atoms with van der Waals surface area (Å²) in [6, 6.07) is 13.9. The Kier molecular flexibility index (Phi) is 4.11. The van der Waals surface area contributed by atoms with Gasteiger partial charge in [0.25, 0.3) is 0 Å². The highest BCUT2D eigenvalue weighted by atomic mass is 32.2. The van der Waals surface area contributed by atoms with Gasteiger partial charge in [-0.2, -0.15) is 4.68 Å². The second-order valence-corrected chi connectivity index (χ2v) is 5.24. The number of benzene rings is 1. The Morgan fingerprint density at radius 3 is 2.86 bits per heavy atom. The fourth-order valence-corrected chi connectivity index (χ4v) is 2.68. The minimum Gasteiger partial charge on any atom is -0.373 e. The van der Waals surface area contributed by atoms with Gasteiger partial charge in [0, 0.05) is 19.0 Å². The zero-order valence-corrected chi connectivity index (χ0v) is 12.3. The van der Waals surface area contributed by atoms with Crippen LogP contribution >= 0.6 is 11.8 Å². The number of aromatic nitrogens is 5. The van der Waals surface area contributed by atoms with Crippen molar-refractivity contribution >= 4 is 17.6 Å². The van der Waals surface area contributed by atoms with Crippen LogP contribution in [0, 0.1) is 0 Å². The van der Waals surface area contributed by atoms with Crippen molar-refractivity contribution in [2.75, 3.05) is 12.4 Å². The Morgan fingerprint density at radius 1 is 1.19 bits per heavy atom. The van der Waals surface area contributed by atoms with Crippen LogP contribution in [-0.2, 0) is 5.75 Å². The molecule has 3 rings (SSSR count). The lowest BCUT2D eigenvalue weighted by molar-refractivity contribution is 0.756. The van der Waals surface area contributed by atoms with E-state index in [1.807, 2.05) is 49.5 Å². The van der Waals surface area contributed by atoms with Crippen LogP contribution in [0.25, 0.3) is 5.69 Å². The molecule has 2 aromatic heterocycles. The molecule has 106 valence electrons. The molecule has 21 heavy (non-hydrogen) atoms. The van der Waals surface area contributed by atoms with E-state index in [1.165, 1.54) is 5.56 Å². The molecule has 2 heterocycles. The van der Waals surface area contributed by atoms with Crippen molar-refractivity contribution in [3.63, 3.8) is 0 Å². The van der Waals surface area contributed by atoms with Gasteiger partial charge in [-0.05, 0) is 40.3 Å². The van der Waals surface area contributed by atoms with Gasteiger partial charge < -0.3 is 5.32 Å². The van der Waals surface area contributed by atoms with Crippen LogP contribution < -0.4 is 5.32 Å². The largest absolute Gasteiger partial charge is 0.373 e. The second kappa shape index (κ2) is 6.36. The van der Waals surface area contributed by atoms with Gasteiger partial charge in [0.1, 0.15) is 5.82 Å². The maximum atomic E-state index is 4.20. The Hall–Kier alpha value is -2.41. The third kappa shape index (κ3) is 3.19. The number of nitrogens with one attached hydrogen (secondary N) is 1. The van der Waals surface area contributed by atoms with Crippen molar-refractivity contribution in [3.05, 3.63) is 54.2 Å². The van der Waals surface area contributed by atoms with Crippen molar-refractivity contribution in [1.82, 2.24) is 25.2 Å². The summed E-state index contributed by atoms with van der Waals surface area (Å²) in [5.41, 5.74) is 2.12. The summed E-state index contributed by atoms with van der Waals surface area (Å²) in [6.45, 7) is 0. The lowest BCUT2D eigenvalue weighted by atomic mass is 10.3. The van der Waals surface area contributed by atoms with Crippen LogP contribution in [-0.4, -0.2) is 32.2 Å². The Morgan fingerprint density at radius 2 is 2.05 bits per heavy atom. The molecule has 0 fully saturated rings. The van der Waals surface area contributed by atoms with Crippen LogP contribution in [0.3, 0.4) is 0 Å². The Bertz CT molecular complexity index is 712. The molecule has 0 radical (unpaired) electrons. The van der Waals surface area contributed by atoms with Gasteiger partial charge in [-0.15, -0.1) is 5.10 Å². The van der Waals surface area contributed by atoms with Crippen molar-refractivity contribution < 1.29 is 0 Å². The molecule has 0 saturated carbocycles. The smallest absolute Gasteiger partial charge is 0.214 e. The van der Waals surface area contributed by atoms with E-state index < -0.39 is 0 Å². The lowest BCUT2D eigenvalue weighted by Crippen LogP contribution is -1.99. The number of hydrogen-bond donors (Lipinski definition) is 1. The Balaban J connectivity index is 1.76. The number of para-hydroxylation sites is 1. The zero-order chi connectivity index (χ0) is 14.5. The number of hydrogen-bond acceptors (Lipinski definition) is 6. The molecule has 1 N–H and O–H groups in total. The molecule has 1 aromatic carbocycles. The summed E-state index contributed by atoms with van der Waals surface area (Å²) in [5.74, 6) is 1.64. The van der Waals surface area contributed by atoms with Crippen LogP contribution in [0.15, 0.2) is 53.8 Å². The van der Waals surface area contributed by atoms with Gasteiger partial charge in [0.05, 0.1) is 5.69 Å². The molecule has 0 saturated heterocycles. The fraction of sp³-hybridized carbons (Fsp3) is 0.143. The average Bonchev–Trinajstić information content (AvgIpc) is 3.02. The first-order valence-electron chi connectivity index (χ1n) is 6.46. The molecule has 3 aromatic rings. The van der Waals surface area contributed by atoms with Crippen molar-refractivity contribution in [1.29, 1.82) is 0 Å². The van der Waals surface area contributed by atoms with E-state index in [2.05, 4.69) is 25.8 Å². The minimum atomic E-state index is 0.768. The summed E-state index contributed by atoms with van der Waals surface area (Å²) in [6.07, 6.45) is 1.79. The van der Waals surface area contributed by atoms with Gasteiger partial charge in [-0.25, -0.2) is 4.98 Å². The third-order valence-corrected chi connectivity index (χ3v) is 3.88. The fourth-order valence-electron chi connectivity index (χ4n) is 1.85. The van der Waals surface area contributed by atoms with E-state index in [1.54, 1.807) is 22.6 Å². The second-order valence-electron chi connectivity index (χ2n) is 4.30. The summed E-state index contributed by atoms with van der Waals surface area (Å²) in [5, 5.41) is 15.7. The highest BCUT2D eigenvalue weighted by Crippen LogP contribution is 2.22. The monoisotopic (exact) mass is 298 g/mol. The SMILES string of the molecule is CNc1cc(CSc2nnnn2-c2ccccc2)ccn1. The normalized spacial score (nSPS) is 10.5. The maximum absolute atomic E-state index is 4.20. The van der Waals surface area contributed by atoms with E-state index in [4.69, 9.17) is 0 Å². The molecule has 0 aliphatic heterocycles. The number of thioether (sulfide) groups is 1. The molecule has 0 bridgehead atoms. The molecule has 0 aliphatic rings. The lowest BCUT2D eigenvalue weighted by Gasteiger charge is -2.05. The summed E-state index contributed by atoms with van der Waals surface area (Å²) < 4.78 is 1.74. The third-order valence-electron chi connectivity index (χ3n) is 2.89. The van der Waals surface area contributed by atoms with Crippen LogP contribution in [0.2, 0.25) is 0 Å². The number of pyridine rings is 1. The highest BCUT2D eigenvalue weighted by molar-refractivity contribution is 7.98. The highest BCUT2D eigenvalue weighted by Gasteiger charge is 2.09. The van der Waals surface area contributed by atoms with E-state index in [-0.39, 0.29) is 0 Å². The van der Waals surface area contributed by atoms with E-state index in [9.17, 15) is 0 Å². The number of nitrogens with zero attached hydrogens (tertiary/aromatic N) is 5. The van der Waals surface area contributed by atoms with Gasteiger partial charge in [-0.1, -0.05) is 30.0 Å². The molecular weight excluding hydrogens is 284 g/mol. The van der Waals surface area contributed by atoms with Gasteiger partial charge in [0.2, 0.25) is 5.16 Å². The first-order chi connectivity index (χ1) is 10.4. The quantitative estimate of drug-likeness (QED) is 0.729. The molecule has 0 spiro atoms. The summed E-state index contributed by atoms with van der Waals surface area (Å²) >= 11 is 1.59. The molecule has 7 heteroatoms. The molecule has 0 unspecified atom stereocenters. The van der Waals surface area contributed by atoms with Gasteiger partial charge in [0.15, 0.2) is 0 Å². The predicted octanol–water partition coefficient (Wildman–Crippen LogP) is 2.39. The van der Waals surface area contributed by atoms with Crippen molar-refractivity contribution in [3.8, 4) is 5.69 Å². The molecule has 0 amide bonds. The first-order valence-corrected chi connectivity index (χ1v) is 7.44. The molecule has 0 aliphatic carbocycles.